The SMILES string of the molecule is Cc1cc(NC(=O)NC(c2ccccc2)c2ccccn2)n(C)n1. The van der Waals surface area contributed by atoms with Crippen molar-refractivity contribution in [2.45, 2.75) is 13.0 Å². The van der Waals surface area contributed by atoms with E-state index in [4.69, 9.17) is 0 Å². The molecule has 3 aromatic rings. The Morgan fingerprint density at radius 1 is 1.12 bits per heavy atom. The highest BCUT2D eigenvalue weighted by atomic mass is 16.2. The number of rotatable bonds is 4. The van der Waals surface area contributed by atoms with Crippen molar-refractivity contribution in [3.05, 3.63) is 77.7 Å². The summed E-state index contributed by atoms with van der Waals surface area (Å²) in [6.07, 6.45) is 1.72. The molecule has 24 heavy (non-hydrogen) atoms. The van der Waals surface area contributed by atoms with Crippen LogP contribution in [-0.2, 0) is 7.05 Å². The van der Waals surface area contributed by atoms with Crippen LogP contribution >= 0.6 is 0 Å². The normalized spacial score (nSPS) is 11.8. The molecule has 2 aromatic heterocycles. The summed E-state index contributed by atoms with van der Waals surface area (Å²) in [5.74, 6) is 0.637. The van der Waals surface area contributed by atoms with E-state index in [2.05, 4.69) is 20.7 Å². The number of pyridine rings is 1. The first kappa shape index (κ1) is 15.7. The second-order valence-corrected chi connectivity index (χ2v) is 5.49. The highest BCUT2D eigenvalue weighted by Crippen LogP contribution is 2.20. The number of amides is 2. The molecule has 0 saturated heterocycles. The van der Waals surface area contributed by atoms with Crippen molar-refractivity contribution >= 4 is 11.8 Å². The van der Waals surface area contributed by atoms with Crippen molar-refractivity contribution < 1.29 is 4.79 Å². The van der Waals surface area contributed by atoms with Gasteiger partial charge in [-0.1, -0.05) is 36.4 Å². The summed E-state index contributed by atoms with van der Waals surface area (Å²) in [6, 6.07) is 16.6. The molecule has 0 saturated carbocycles. The highest BCUT2D eigenvalue weighted by molar-refractivity contribution is 5.88. The predicted molar refractivity (Wildman–Crippen MR) is 92.6 cm³/mol. The lowest BCUT2D eigenvalue weighted by molar-refractivity contribution is 0.249. The lowest BCUT2D eigenvalue weighted by Crippen LogP contribution is -2.34. The molecule has 2 amide bonds. The van der Waals surface area contributed by atoms with Crippen molar-refractivity contribution in [3.63, 3.8) is 0 Å². The number of nitrogens with zero attached hydrogens (tertiary/aromatic N) is 3. The number of hydrogen-bond donors (Lipinski definition) is 2. The zero-order valence-corrected chi connectivity index (χ0v) is 13.6. The summed E-state index contributed by atoms with van der Waals surface area (Å²) in [5, 5.41) is 10.0. The van der Waals surface area contributed by atoms with Crippen LogP contribution in [-0.4, -0.2) is 20.8 Å². The molecule has 6 heteroatoms. The third kappa shape index (κ3) is 3.60. The molecule has 2 N–H and O–H groups in total. The van der Waals surface area contributed by atoms with Gasteiger partial charge in [0, 0.05) is 19.3 Å². The second kappa shape index (κ2) is 6.95. The minimum atomic E-state index is -0.332. The van der Waals surface area contributed by atoms with Crippen LogP contribution in [0.25, 0.3) is 0 Å². The van der Waals surface area contributed by atoms with E-state index in [9.17, 15) is 4.79 Å². The van der Waals surface area contributed by atoms with Gasteiger partial charge in [0.15, 0.2) is 0 Å². The molecule has 122 valence electrons. The summed E-state index contributed by atoms with van der Waals surface area (Å²) < 4.78 is 1.63. The van der Waals surface area contributed by atoms with Crippen molar-refractivity contribution in [3.8, 4) is 0 Å². The minimum absolute atomic E-state index is 0.308. The maximum atomic E-state index is 12.4. The highest BCUT2D eigenvalue weighted by Gasteiger charge is 2.18. The lowest BCUT2D eigenvalue weighted by Gasteiger charge is -2.19. The van der Waals surface area contributed by atoms with Crippen molar-refractivity contribution in [2.24, 2.45) is 7.05 Å². The first-order valence-corrected chi connectivity index (χ1v) is 7.67. The van der Waals surface area contributed by atoms with Gasteiger partial charge in [0.2, 0.25) is 0 Å². The van der Waals surface area contributed by atoms with Crippen LogP contribution in [0.4, 0.5) is 10.6 Å². The van der Waals surface area contributed by atoms with E-state index in [1.165, 1.54) is 0 Å². The van der Waals surface area contributed by atoms with E-state index < -0.39 is 0 Å². The monoisotopic (exact) mass is 321 g/mol. The molecule has 1 unspecified atom stereocenters. The Balaban J connectivity index is 1.82. The topological polar surface area (TPSA) is 71.8 Å². The first-order valence-electron chi connectivity index (χ1n) is 7.67. The molecule has 0 bridgehead atoms. The Morgan fingerprint density at radius 2 is 1.88 bits per heavy atom. The molecule has 0 spiro atoms. The van der Waals surface area contributed by atoms with Gasteiger partial charge in [0.25, 0.3) is 0 Å². The quantitative estimate of drug-likeness (QED) is 0.776. The molecular weight excluding hydrogens is 302 g/mol. The standard InChI is InChI=1S/C18H19N5O/c1-13-12-16(23(2)22-13)20-18(24)21-17(14-8-4-3-5-9-14)15-10-6-7-11-19-15/h3-12,17H,1-2H3,(H2,20,21,24). The van der Waals surface area contributed by atoms with Gasteiger partial charge in [-0.05, 0) is 24.6 Å². The third-order valence-corrected chi connectivity index (χ3v) is 3.64. The lowest BCUT2D eigenvalue weighted by atomic mass is 10.0. The number of nitrogens with one attached hydrogen (secondary N) is 2. The number of hydrogen-bond acceptors (Lipinski definition) is 3. The zero-order chi connectivity index (χ0) is 16.9. The number of benzene rings is 1. The Hall–Kier alpha value is -3.15. The van der Waals surface area contributed by atoms with Gasteiger partial charge in [0.1, 0.15) is 5.82 Å². The van der Waals surface area contributed by atoms with Gasteiger partial charge < -0.3 is 5.32 Å². The fraction of sp³-hybridized carbons (Fsp3) is 0.167. The zero-order valence-electron chi connectivity index (χ0n) is 13.6. The largest absolute Gasteiger partial charge is 0.325 e. The molecule has 2 heterocycles. The molecule has 0 radical (unpaired) electrons. The number of carbonyl (C=O) groups is 1. The van der Waals surface area contributed by atoms with E-state index in [-0.39, 0.29) is 12.1 Å². The Bertz CT molecular complexity index is 774. The van der Waals surface area contributed by atoms with Gasteiger partial charge in [-0.25, -0.2) is 4.79 Å². The molecule has 0 aliphatic heterocycles. The fourth-order valence-corrected chi connectivity index (χ4v) is 2.53. The molecule has 0 fully saturated rings. The van der Waals surface area contributed by atoms with Gasteiger partial charge >= 0.3 is 6.03 Å². The van der Waals surface area contributed by atoms with E-state index in [0.717, 1.165) is 17.0 Å². The van der Waals surface area contributed by atoms with Crippen LogP contribution in [0, 0.1) is 6.92 Å². The molecule has 1 aromatic carbocycles. The Kier molecular flexibility index (Phi) is 4.56. The summed E-state index contributed by atoms with van der Waals surface area (Å²) >= 11 is 0. The second-order valence-electron chi connectivity index (χ2n) is 5.49. The number of urea groups is 1. The molecule has 0 aliphatic carbocycles. The van der Waals surface area contributed by atoms with Crippen molar-refractivity contribution in [2.75, 3.05) is 5.32 Å². The Labute approximate surface area is 140 Å². The van der Waals surface area contributed by atoms with Gasteiger partial charge in [-0.3, -0.25) is 15.0 Å². The maximum Gasteiger partial charge on any atom is 0.321 e. The van der Waals surface area contributed by atoms with E-state index >= 15 is 0 Å². The van der Waals surface area contributed by atoms with E-state index in [0.29, 0.717) is 5.82 Å². The summed E-state index contributed by atoms with van der Waals surface area (Å²) in [5.41, 5.74) is 2.59. The number of aromatic nitrogens is 3. The third-order valence-electron chi connectivity index (χ3n) is 3.64. The Morgan fingerprint density at radius 3 is 2.50 bits per heavy atom. The molecule has 0 aliphatic rings. The van der Waals surface area contributed by atoms with Crippen LogP contribution in [0.1, 0.15) is 23.0 Å². The van der Waals surface area contributed by atoms with Crippen LogP contribution in [0.15, 0.2) is 60.8 Å². The summed E-state index contributed by atoms with van der Waals surface area (Å²) in [4.78, 5) is 16.8. The molecule has 1 atom stereocenters. The smallest absolute Gasteiger partial charge is 0.321 e. The van der Waals surface area contributed by atoms with E-state index in [1.807, 2.05) is 61.5 Å². The predicted octanol–water partition coefficient (Wildman–Crippen LogP) is 3.03. The fourth-order valence-electron chi connectivity index (χ4n) is 2.53. The van der Waals surface area contributed by atoms with Crippen molar-refractivity contribution in [1.82, 2.24) is 20.1 Å². The number of aryl methyl sites for hydroxylation is 2. The average molecular weight is 321 g/mol. The first-order chi connectivity index (χ1) is 11.6. The van der Waals surface area contributed by atoms with E-state index in [1.54, 1.807) is 17.9 Å². The van der Waals surface area contributed by atoms with Crippen LogP contribution in [0.5, 0.6) is 0 Å². The van der Waals surface area contributed by atoms with Gasteiger partial charge in [0.05, 0.1) is 17.4 Å². The number of carbonyl (C=O) groups excluding carboxylic acids is 1. The average Bonchev–Trinajstić information content (AvgIpc) is 2.91. The minimum Gasteiger partial charge on any atom is -0.325 e. The van der Waals surface area contributed by atoms with Gasteiger partial charge in [-0.15, -0.1) is 0 Å². The van der Waals surface area contributed by atoms with Crippen LogP contribution in [0.2, 0.25) is 0 Å². The number of anilines is 1. The van der Waals surface area contributed by atoms with Crippen molar-refractivity contribution in [1.29, 1.82) is 0 Å². The molecular formula is C18H19N5O. The summed E-state index contributed by atoms with van der Waals surface area (Å²) in [7, 11) is 1.79. The molecule has 3 rings (SSSR count). The maximum absolute atomic E-state index is 12.4. The van der Waals surface area contributed by atoms with Crippen LogP contribution in [0.3, 0.4) is 0 Å². The molecule has 6 nitrogen and oxygen atoms in total. The summed E-state index contributed by atoms with van der Waals surface area (Å²) in [6.45, 7) is 1.88. The van der Waals surface area contributed by atoms with Gasteiger partial charge in [-0.2, -0.15) is 5.10 Å². The van der Waals surface area contributed by atoms with Crippen LogP contribution < -0.4 is 10.6 Å².